The van der Waals surface area contributed by atoms with Crippen molar-refractivity contribution in [2.75, 3.05) is 0 Å². The monoisotopic (exact) mass is 202 g/mol. The molecule has 0 saturated heterocycles. The second-order valence-electron chi connectivity index (χ2n) is 4.78. The standard InChI is InChI=1S/C14H18O/c1-4-9-14(2,3)12-7-5-6-11-8-10-15-13(11)12/h5-8,10H,4,9H2,1-3H3. The zero-order chi connectivity index (χ0) is 10.9. The average Bonchev–Trinajstić information content (AvgIpc) is 2.64. The highest BCUT2D eigenvalue weighted by molar-refractivity contribution is 5.81. The van der Waals surface area contributed by atoms with E-state index in [2.05, 4.69) is 39.0 Å². The predicted octanol–water partition coefficient (Wildman–Crippen LogP) is 4.51. The van der Waals surface area contributed by atoms with Gasteiger partial charge in [-0.25, -0.2) is 0 Å². The third-order valence-electron chi connectivity index (χ3n) is 3.08. The second kappa shape index (κ2) is 3.73. The third kappa shape index (κ3) is 1.79. The maximum absolute atomic E-state index is 5.58. The van der Waals surface area contributed by atoms with Crippen molar-refractivity contribution in [1.82, 2.24) is 0 Å². The summed E-state index contributed by atoms with van der Waals surface area (Å²) in [5.74, 6) is 0. The van der Waals surface area contributed by atoms with E-state index in [1.54, 1.807) is 6.26 Å². The largest absolute Gasteiger partial charge is 0.464 e. The van der Waals surface area contributed by atoms with Gasteiger partial charge in [0.15, 0.2) is 0 Å². The zero-order valence-electron chi connectivity index (χ0n) is 9.71. The van der Waals surface area contributed by atoms with Crippen LogP contribution in [0.1, 0.15) is 39.2 Å². The van der Waals surface area contributed by atoms with Gasteiger partial charge in [0, 0.05) is 10.9 Å². The van der Waals surface area contributed by atoms with E-state index < -0.39 is 0 Å². The van der Waals surface area contributed by atoms with E-state index in [0.29, 0.717) is 0 Å². The van der Waals surface area contributed by atoms with E-state index in [0.717, 1.165) is 5.58 Å². The Labute approximate surface area is 91.1 Å². The van der Waals surface area contributed by atoms with Crippen LogP contribution in [0, 0.1) is 0 Å². The molecular weight excluding hydrogens is 184 g/mol. The highest BCUT2D eigenvalue weighted by Crippen LogP contribution is 2.34. The molecule has 0 fully saturated rings. The highest BCUT2D eigenvalue weighted by atomic mass is 16.3. The van der Waals surface area contributed by atoms with Crippen molar-refractivity contribution in [3.8, 4) is 0 Å². The van der Waals surface area contributed by atoms with Gasteiger partial charge in [-0.2, -0.15) is 0 Å². The molecule has 0 spiro atoms. The van der Waals surface area contributed by atoms with Crippen LogP contribution in [-0.2, 0) is 5.41 Å². The van der Waals surface area contributed by atoms with Crippen molar-refractivity contribution in [2.24, 2.45) is 0 Å². The number of hydrogen-bond donors (Lipinski definition) is 0. The Morgan fingerprint density at radius 3 is 2.73 bits per heavy atom. The molecule has 0 aliphatic heterocycles. The molecule has 1 aromatic heterocycles. The van der Waals surface area contributed by atoms with Crippen molar-refractivity contribution in [2.45, 2.75) is 39.0 Å². The van der Waals surface area contributed by atoms with Gasteiger partial charge in [0.2, 0.25) is 0 Å². The molecule has 1 aromatic carbocycles. The van der Waals surface area contributed by atoms with E-state index in [4.69, 9.17) is 4.42 Å². The normalized spacial score (nSPS) is 12.2. The molecule has 0 unspecified atom stereocenters. The molecule has 2 aromatic rings. The summed E-state index contributed by atoms with van der Waals surface area (Å²) in [6.45, 7) is 6.80. The number of benzene rings is 1. The van der Waals surface area contributed by atoms with Crippen LogP contribution in [0.2, 0.25) is 0 Å². The zero-order valence-corrected chi connectivity index (χ0v) is 9.71. The minimum absolute atomic E-state index is 0.201. The third-order valence-corrected chi connectivity index (χ3v) is 3.08. The lowest BCUT2D eigenvalue weighted by molar-refractivity contribution is 0.467. The highest BCUT2D eigenvalue weighted by Gasteiger charge is 2.22. The lowest BCUT2D eigenvalue weighted by Crippen LogP contribution is -2.16. The molecule has 0 radical (unpaired) electrons. The fraction of sp³-hybridized carbons (Fsp3) is 0.429. The summed E-state index contributed by atoms with van der Waals surface area (Å²) in [5.41, 5.74) is 2.58. The van der Waals surface area contributed by atoms with E-state index in [1.165, 1.54) is 23.8 Å². The van der Waals surface area contributed by atoms with E-state index in [1.807, 2.05) is 6.07 Å². The van der Waals surface area contributed by atoms with Gasteiger partial charge in [0.25, 0.3) is 0 Å². The molecule has 15 heavy (non-hydrogen) atoms. The van der Waals surface area contributed by atoms with Crippen LogP contribution in [0.3, 0.4) is 0 Å². The fourth-order valence-corrected chi connectivity index (χ4v) is 2.29. The van der Waals surface area contributed by atoms with E-state index in [9.17, 15) is 0 Å². The van der Waals surface area contributed by atoms with Gasteiger partial charge in [0.1, 0.15) is 5.58 Å². The molecule has 80 valence electrons. The number of hydrogen-bond acceptors (Lipinski definition) is 1. The summed E-state index contributed by atoms with van der Waals surface area (Å²) in [6, 6.07) is 8.43. The van der Waals surface area contributed by atoms with Crippen LogP contribution >= 0.6 is 0 Å². The molecule has 1 nitrogen and oxygen atoms in total. The fourth-order valence-electron chi connectivity index (χ4n) is 2.29. The van der Waals surface area contributed by atoms with Crippen LogP contribution in [0.5, 0.6) is 0 Å². The Hall–Kier alpha value is -1.24. The van der Waals surface area contributed by atoms with Crippen molar-refractivity contribution in [3.63, 3.8) is 0 Å². The summed E-state index contributed by atoms with van der Waals surface area (Å²) in [6.07, 6.45) is 4.16. The van der Waals surface area contributed by atoms with Gasteiger partial charge < -0.3 is 4.42 Å². The molecule has 0 aliphatic rings. The molecule has 0 amide bonds. The first-order valence-corrected chi connectivity index (χ1v) is 5.62. The number of furan rings is 1. The molecule has 1 heterocycles. The number of rotatable bonds is 3. The van der Waals surface area contributed by atoms with Crippen molar-refractivity contribution >= 4 is 11.0 Å². The Morgan fingerprint density at radius 2 is 2.00 bits per heavy atom. The Morgan fingerprint density at radius 1 is 1.20 bits per heavy atom. The predicted molar refractivity (Wildman–Crippen MR) is 64.1 cm³/mol. The van der Waals surface area contributed by atoms with Gasteiger partial charge in [-0.3, -0.25) is 0 Å². The minimum Gasteiger partial charge on any atom is -0.464 e. The second-order valence-corrected chi connectivity index (χ2v) is 4.78. The van der Waals surface area contributed by atoms with Crippen LogP contribution in [-0.4, -0.2) is 0 Å². The summed E-state index contributed by atoms with van der Waals surface area (Å²) in [4.78, 5) is 0. The Kier molecular flexibility index (Phi) is 2.56. The first kappa shape index (κ1) is 10.3. The SMILES string of the molecule is CCCC(C)(C)c1cccc2ccoc12. The molecule has 0 aliphatic carbocycles. The molecule has 0 saturated carbocycles. The first-order valence-electron chi connectivity index (χ1n) is 5.62. The Balaban J connectivity index is 2.55. The molecule has 1 heteroatoms. The number of para-hydroxylation sites is 1. The quantitative estimate of drug-likeness (QED) is 0.713. The van der Waals surface area contributed by atoms with Crippen LogP contribution in [0.4, 0.5) is 0 Å². The first-order chi connectivity index (χ1) is 7.15. The lowest BCUT2D eigenvalue weighted by Gasteiger charge is -2.24. The van der Waals surface area contributed by atoms with Gasteiger partial charge in [-0.1, -0.05) is 45.4 Å². The van der Waals surface area contributed by atoms with Gasteiger partial charge in [0.05, 0.1) is 6.26 Å². The van der Waals surface area contributed by atoms with E-state index >= 15 is 0 Å². The topological polar surface area (TPSA) is 13.1 Å². The molecule has 2 rings (SSSR count). The maximum atomic E-state index is 5.58. The van der Waals surface area contributed by atoms with Crippen molar-refractivity contribution in [1.29, 1.82) is 0 Å². The van der Waals surface area contributed by atoms with Crippen LogP contribution < -0.4 is 0 Å². The molecule has 0 atom stereocenters. The smallest absolute Gasteiger partial charge is 0.137 e. The molecule has 0 N–H and O–H groups in total. The minimum atomic E-state index is 0.201. The van der Waals surface area contributed by atoms with Crippen molar-refractivity contribution in [3.05, 3.63) is 36.1 Å². The summed E-state index contributed by atoms with van der Waals surface area (Å²) < 4.78 is 5.58. The lowest BCUT2D eigenvalue weighted by atomic mass is 9.80. The summed E-state index contributed by atoms with van der Waals surface area (Å²) in [5, 5.41) is 1.21. The van der Waals surface area contributed by atoms with Gasteiger partial charge in [-0.15, -0.1) is 0 Å². The number of fused-ring (bicyclic) bond motifs is 1. The maximum Gasteiger partial charge on any atom is 0.137 e. The van der Waals surface area contributed by atoms with Crippen LogP contribution in [0.15, 0.2) is 34.9 Å². The average molecular weight is 202 g/mol. The summed E-state index contributed by atoms with van der Waals surface area (Å²) in [7, 11) is 0. The molecular formula is C14H18O. The Bertz CT molecular complexity index is 451. The summed E-state index contributed by atoms with van der Waals surface area (Å²) >= 11 is 0. The van der Waals surface area contributed by atoms with Crippen molar-refractivity contribution < 1.29 is 4.42 Å². The van der Waals surface area contributed by atoms with Gasteiger partial charge >= 0.3 is 0 Å². The van der Waals surface area contributed by atoms with Crippen LogP contribution in [0.25, 0.3) is 11.0 Å². The molecule has 0 bridgehead atoms. The van der Waals surface area contributed by atoms with Gasteiger partial charge in [-0.05, 0) is 17.9 Å². The van der Waals surface area contributed by atoms with E-state index in [-0.39, 0.29) is 5.41 Å².